The lowest BCUT2D eigenvalue weighted by Crippen LogP contribution is -2.40. The molecule has 0 aromatic heterocycles. The number of nitrogens with zero attached hydrogens (tertiary/aromatic N) is 1. The summed E-state index contributed by atoms with van der Waals surface area (Å²) in [5, 5.41) is 0. The molecule has 2 heterocycles. The van der Waals surface area contributed by atoms with Gasteiger partial charge in [0.1, 0.15) is 5.44 Å². The maximum Gasteiger partial charge on any atom is 0.255 e. The molecular weight excluding hydrogens is 234 g/mol. The molecule has 2 aliphatic heterocycles. The van der Waals surface area contributed by atoms with E-state index in [-0.39, 0.29) is 17.4 Å². The van der Waals surface area contributed by atoms with Crippen molar-refractivity contribution in [1.29, 1.82) is 0 Å². The van der Waals surface area contributed by atoms with Gasteiger partial charge in [0.15, 0.2) is 0 Å². The van der Waals surface area contributed by atoms with E-state index in [4.69, 9.17) is 4.74 Å². The van der Waals surface area contributed by atoms with Gasteiger partial charge in [-0.05, 0) is 25.0 Å². The van der Waals surface area contributed by atoms with Crippen molar-refractivity contribution in [3.05, 3.63) is 29.8 Å². The first-order valence-electron chi connectivity index (χ1n) is 5.90. The molecule has 0 N–H and O–H groups in total. The zero-order valence-corrected chi connectivity index (χ0v) is 10.6. The van der Waals surface area contributed by atoms with Gasteiger partial charge in [-0.15, -0.1) is 0 Å². The molecule has 1 saturated heterocycles. The van der Waals surface area contributed by atoms with Crippen molar-refractivity contribution in [2.24, 2.45) is 0 Å². The summed E-state index contributed by atoms with van der Waals surface area (Å²) in [6.07, 6.45) is 2.13. The molecule has 0 unspecified atom stereocenters. The van der Waals surface area contributed by atoms with Crippen LogP contribution in [0.1, 0.15) is 23.2 Å². The van der Waals surface area contributed by atoms with Crippen LogP contribution in [-0.4, -0.2) is 35.9 Å². The number of rotatable bonds is 1. The van der Waals surface area contributed by atoms with E-state index in [1.165, 1.54) is 0 Å². The number of methoxy groups -OCH3 is 1. The van der Waals surface area contributed by atoms with Gasteiger partial charge in [0, 0.05) is 18.6 Å². The molecule has 2 aliphatic rings. The molecule has 3 nitrogen and oxygen atoms in total. The third kappa shape index (κ3) is 1.76. The van der Waals surface area contributed by atoms with Crippen LogP contribution >= 0.6 is 11.8 Å². The standard InChI is InChI=1S/C13H15NO2S/c1-16-13-10-6-4-8-14(10)12(15)9-5-2-3-7-11(9)17-13/h2-3,5,7,10,13H,4,6,8H2,1H3/t10-,13+/m0/s1. The number of hydrogen-bond acceptors (Lipinski definition) is 3. The van der Waals surface area contributed by atoms with Crippen molar-refractivity contribution < 1.29 is 9.53 Å². The highest BCUT2D eigenvalue weighted by molar-refractivity contribution is 8.00. The number of amides is 1. The zero-order valence-electron chi connectivity index (χ0n) is 9.76. The second-order valence-corrected chi connectivity index (χ2v) is 5.57. The smallest absolute Gasteiger partial charge is 0.255 e. The molecule has 0 radical (unpaired) electrons. The lowest BCUT2D eigenvalue weighted by atomic mass is 10.2. The van der Waals surface area contributed by atoms with Crippen molar-refractivity contribution in [3.63, 3.8) is 0 Å². The van der Waals surface area contributed by atoms with Crippen LogP contribution in [0.15, 0.2) is 29.2 Å². The summed E-state index contributed by atoms with van der Waals surface area (Å²) >= 11 is 1.67. The fourth-order valence-electron chi connectivity index (χ4n) is 2.64. The molecule has 3 rings (SSSR count). The second kappa shape index (κ2) is 4.35. The van der Waals surface area contributed by atoms with Crippen LogP contribution in [0.25, 0.3) is 0 Å². The number of ether oxygens (including phenoxy) is 1. The number of fused-ring (bicyclic) bond motifs is 2. The second-order valence-electron chi connectivity index (χ2n) is 4.43. The average molecular weight is 249 g/mol. The van der Waals surface area contributed by atoms with Gasteiger partial charge in [0.2, 0.25) is 0 Å². The molecule has 0 saturated carbocycles. The molecule has 4 heteroatoms. The molecule has 17 heavy (non-hydrogen) atoms. The van der Waals surface area contributed by atoms with Crippen LogP contribution in [0.4, 0.5) is 0 Å². The van der Waals surface area contributed by atoms with Crippen molar-refractivity contribution in [1.82, 2.24) is 4.90 Å². The lowest BCUT2D eigenvalue weighted by Gasteiger charge is -2.27. The Morgan fingerprint density at radius 1 is 1.41 bits per heavy atom. The van der Waals surface area contributed by atoms with Gasteiger partial charge in [-0.2, -0.15) is 0 Å². The summed E-state index contributed by atoms with van der Waals surface area (Å²) in [7, 11) is 1.73. The first-order valence-corrected chi connectivity index (χ1v) is 6.78. The van der Waals surface area contributed by atoms with Gasteiger partial charge in [-0.3, -0.25) is 4.79 Å². The van der Waals surface area contributed by atoms with Gasteiger partial charge in [-0.1, -0.05) is 23.9 Å². The molecule has 2 atom stereocenters. The summed E-state index contributed by atoms with van der Waals surface area (Å²) in [4.78, 5) is 15.5. The molecule has 1 amide bonds. The molecule has 0 spiro atoms. The predicted molar refractivity (Wildman–Crippen MR) is 67.2 cm³/mol. The quantitative estimate of drug-likeness (QED) is 0.765. The van der Waals surface area contributed by atoms with Gasteiger partial charge < -0.3 is 9.64 Å². The topological polar surface area (TPSA) is 29.5 Å². The highest BCUT2D eigenvalue weighted by Crippen LogP contribution is 2.39. The van der Waals surface area contributed by atoms with E-state index in [1.807, 2.05) is 29.2 Å². The normalized spacial score (nSPS) is 27.6. The van der Waals surface area contributed by atoms with Gasteiger partial charge >= 0.3 is 0 Å². The van der Waals surface area contributed by atoms with Gasteiger partial charge in [-0.25, -0.2) is 0 Å². The fourth-order valence-corrected chi connectivity index (χ4v) is 3.86. The summed E-state index contributed by atoms with van der Waals surface area (Å²) in [6, 6.07) is 8.05. The summed E-state index contributed by atoms with van der Waals surface area (Å²) in [6.45, 7) is 0.859. The van der Waals surface area contributed by atoms with Crippen molar-refractivity contribution >= 4 is 17.7 Å². The molecule has 90 valence electrons. The Hall–Kier alpha value is -1.00. The Bertz CT molecular complexity index is 449. The predicted octanol–water partition coefficient (Wildman–Crippen LogP) is 2.37. The number of carbonyl (C=O) groups is 1. The minimum Gasteiger partial charge on any atom is -0.368 e. The van der Waals surface area contributed by atoms with E-state index in [0.29, 0.717) is 0 Å². The minimum atomic E-state index is 0.0603. The van der Waals surface area contributed by atoms with Crippen LogP contribution in [0.3, 0.4) is 0 Å². The largest absolute Gasteiger partial charge is 0.368 e. The molecular formula is C13H15NO2S. The lowest BCUT2D eigenvalue weighted by molar-refractivity contribution is 0.0578. The van der Waals surface area contributed by atoms with Crippen LogP contribution in [0.2, 0.25) is 0 Å². The Labute approximate surface area is 105 Å². The first kappa shape index (κ1) is 11.1. The fraction of sp³-hybridized carbons (Fsp3) is 0.462. The molecule has 1 fully saturated rings. The van der Waals surface area contributed by atoms with Crippen LogP contribution < -0.4 is 0 Å². The maximum absolute atomic E-state index is 12.4. The zero-order chi connectivity index (χ0) is 11.8. The number of hydrogen-bond donors (Lipinski definition) is 0. The van der Waals surface area contributed by atoms with E-state index in [0.717, 1.165) is 29.8 Å². The molecule has 0 aliphatic carbocycles. The van der Waals surface area contributed by atoms with Crippen molar-refractivity contribution in [3.8, 4) is 0 Å². The molecule has 0 bridgehead atoms. The van der Waals surface area contributed by atoms with Gasteiger partial charge in [0.05, 0.1) is 11.6 Å². The Morgan fingerprint density at radius 3 is 3.06 bits per heavy atom. The number of thioether (sulfide) groups is 1. The van der Waals surface area contributed by atoms with Gasteiger partial charge in [0.25, 0.3) is 5.91 Å². The number of benzene rings is 1. The monoisotopic (exact) mass is 249 g/mol. The van der Waals surface area contributed by atoms with Crippen molar-refractivity contribution in [2.45, 2.75) is 29.2 Å². The number of carbonyl (C=O) groups excluding carboxylic acids is 1. The highest BCUT2D eigenvalue weighted by Gasteiger charge is 2.39. The van der Waals surface area contributed by atoms with Crippen LogP contribution in [0, 0.1) is 0 Å². The Morgan fingerprint density at radius 2 is 2.24 bits per heavy atom. The van der Waals surface area contributed by atoms with Crippen LogP contribution in [0.5, 0.6) is 0 Å². The van der Waals surface area contributed by atoms with E-state index in [2.05, 4.69) is 0 Å². The minimum absolute atomic E-state index is 0.0603. The first-order chi connectivity index (χ1) is 8.31. The third-order valence-corrected chi connectivity index (χ3v) is 4.82. The maximum atomic E-state index is 12.4. The molecule has 1 aromatic rings. The Balaban J connectivity index is 2.06. The van der Waals surface area contributed by atoms with E-state index >= 15 is 0 Å². The summed E-state index contributed by atoms with van der Waals surface area (Å²) < 4.78 is 5.56. The highest BCUT2D eigenvalue weighted by atomic mass is 32.2. The van der Waals surface area contributed by atoms with Crippen LogP contribution in [-0.2, 0) is 4.74 Å². The van der Waals surface area contributed by atoms with E-state index < -0.39 is 0 Å². The molecule has 1 aromatic carbocycles. The summed E-state index contributed by atoms with van der Waals surface area (Å²) in [5.74, 6) is 0.162. The third-order valence-electron chi connectivity index (χ3n) is 3.47. The Kier molecular flexibility index (Phi) is 2.84. The average Bonchev–Trinajstić information content (AvgIpc) is 2.81. The van der Waals surface area contributed by atoms with E-state index in [1.54, 1.807) is 18.9 Å². The van der Waals surface area contributed by atoms with E-state index in [9.17, 15) is 4.79 Å². The SMILES string of the molecule is CO[C@@H]1Sc2ccccc2C(=O)N2CCC[C@@H]12. The van der Waals surface area contributed by atoms with Crippen molar-refractivity contribution in [2.75, 3.05) is 13.7 Å². The summed E-state index contributed by atoms with van der Waals surface area (Å²) in [5.41, 5.74) is 0.883.